The number of rotatable bonds is 4. The van der Waals surface area contributed by atoms with Gasteiger partial charge < -0.3 is 14.7 Å². The summed E-state index contributed by atoms with van der Waals surface area (Å²) in [7, 11) is 0. The highest BCUT2D eigenvalue weighted by atomic mass is 16.5. The molecule has 1 aromatic heterocycles. The molecule has 1 aliphatic heterocycles. The maximum atomic E-state index is 11.6. The lowest BCUT2D eigenvalue weighted by Gasteiger charge is -2.25. The second kappa shape index (κ2) is 5.27. The normalized spacial score (nSPS) is 19.5. The predicted octanol–water partition coefficient (Wildman–Crippen LogP) is 0.342. The van der Waals surface area contributed by atoms with Crippen LogP contribution in [0.15, 0.2) is 4.52 Å². The third kappa shape index (κ3) is 2.82. The molecule has 0 radical (unpaired) electrons. The van der Waals surface area contributed by atoms with Crippen LogP contribution < -0.4 is 5.32 Å². The summed E-state index contributed by atoms with van der Waals surface area (Å²) in [6, 6.07) is 0.246. The maximum absolute atomic E-state index is 11.6. The van der Waals surface area contributed by atoms with Crippen LogP contribution in [-0.4, -0.2) is 40.1 Å². The van der Waals surface area contributed by atoms with E-state index < -0.39 is 0 Å². The van der Waals surface area contributed by atoms with Gasteiger partial charge in [-0.2, -0.15) is 4.98 Å². The number of aryl methyl sites for hydroxylation is 1. The van der Waals surface area contributed by atoms with Crippen molar-refractivity contribution in [1.29, 1.82) is 0 Å². The van der Waals surface area contributed by atoms with Gasteiger partial charge in [-0.1, -0.05) is 12.1 Å². The van der Waals surface area contributed by atoms with Crippen LogP contribution in [0.1, 0.15) is 32.0 Å². The van der Waals surface area contributed by atoms with E-state index in [4.69, 9.17) is 4.52 Å². The molecule has 1 aliphatic rings. The van der Waals surface area contributed by atoms with Crippen LogP contribution >= 0.6 is 0 Å². The van der Waals surface area contributed by atoms with Gasteiger partial charge in [-0.3, -0.25) is 4.79 Å². The van der Waals surface area contributed by atoms with Crippen LogP contribution in [0.2, 0.25) is 0 Å². The second-order valence-electron chi connectivity index (χ2n) is 4.25. The zero-order chi connectivity index (χ0) is 12.3. The molecule has 1 amide bonds. The first-order valence-corrected chi connectivity index (χ1v) is 6.00. The second-order valence-corrected chi connectivity index (χ2v) is 4.25. The van der Waals surface area contributed by atoms with Crippen molar-refractivity contribution in [2.45, 2.75) is 39.3 Å². The zero-order valence-corrected chi connectivity index (χ0v) is 10.3. The van der Waals surface area contributed by atoms with E-state index in [0.717, 1.165) is 25.9 Å². The fourth-order valence-corrected chi connectivity index (χ4v) is 2.05. The number of hydrogen-bond donors (Lipinski definition) is 1. The molecule has 1 fully saturated rings. The van der Waals surface area contributed by atoms with E-state index in [2.05, 4.69) is 15.5 Å². The van der Waals surface area contributed by atoms with Crippen molar-refractivity contribution < 1.29 is 9.32 Å². The summed E-state index contributed by atoms with van der Waals surface area (Å²) >= 11 is 0. The number of nitrogens with one attached hydrogen (secondary N) is 1. The molecular weight excluding hydrogens is 220 g/mol. The first-order chi connectivity index (χ1) is 8.20. The molecule has 2 rings (SSSR count). The van der Waals surface area contributed by atoms with Gasteiger partial charge in [0.1, 0.15) is 0 Å². The Morgan fingerprint density at radius 1 is 1.65 bits per heavy atom. The van der Waals surface area contributed by atoms with E-state index in [1.165, 1.54) is 0 Å². The Hall–Kier alpha value is -1.43. The minimum absolute atomic E-state index is 0.0570. The van der Waals surface area contributed by atoms with Gasteiger partial charge in [-0.25, -0.2) is 0 Å². The van der Waals surface area contributed by atoms with Crippen LogP contribution in [0.5, 0.6) is 0 Å². The summed E-state index contributed by atoms with van der Waals surface area (Å²) in [4.78, 5) is 17.7. The number of amides is 1. The monoisotopic (exact) mass is 238 g/mol. The van der Waals surface area contributed by atoms with E-state index in [-0.39, 0.29) is 11.9 Å². The lowest BCUT2D eigenvalue weighted by atomic mass is 10.2. The Balaban J connectivity index is 2.04. The average molecular weight is 238 g/mol. The van der Waals surface area contributed by atoms with Crippen molar-refractivity contribution in [3.63, 3.8) is 0 Å². The molecular formula is C11H18N4O2. The molecule has 17 heavy (non-hydrogen) atoms. The topological polar surface area (TPSA) is 71.3 Å². The number of carbonyl (C=O) groups is 1. The van der Waals surface area contributed by atoms with E-state index in [1.54, 1.807) is 6.92 Å². The molecule has 1 aromatic rings. The standard InChI is InChI=1S/C11H18N4O2/c1-3-11-13-10(14-17-11)7-15(8(2)16)9-4-5-12-6-9/h9,12H,3-7H2,1-2H3/t9-/m1/s1. The molecule has 6 heteroatoms. The van der Waals surface area contributed by atoms with Crippen molar-refractivity contribution in [2.75, 3.05) is 13.1 Å². The van der Waals surface area contributed by atoms with Crippen molar-refractivity contribution in [3.8, 4) is 0 Å². The van der Waals surface area contributed by atoms with E-state index in [9.17, 15) is 4.79 Å². The molecule has 1 N–H and O–H groups in total. The van der Waals surface area contributed by atoms with E-state index in [1.807, 2.05) is 11.8 Å². The van der Waals surface area contributed by atoms with Gasteiger partial charge in [0.15, 0.2) is 5.82 Å². The fraction of sp³-hybridized carbons (Fsp3) is 0.727. The fourth-order valence-electron chi connectivity index (χ4n) is 2.05. The van der Waals surface area contributed by atoms with Gasteiger partial charge in [0.25, 0.3) is 0 Å². The minimum atomic E-state index is 0.0570. The van der Waals surface area contributed by atoms with Crippen LogP contribution in [0.4, 0.5) is 0 Å². The SMILES string of the molecule is CCc1nc(CN(C(C)=O)[C@@H]2CCNC2)no1. The molecule has 94 valence electrons. The van der Waals surface area contributed by atoms with Gasteiger partial charge in [-0.15, -0.1) is 0 Å². The Morgan fingerprint density at radius 3 is 3.00 bits per heavy atom. The summed E-state index contributed by atoms with van der Waals surface area (Å²) < 4.78 is 5.04. The molecule has 0 aliphatic carbocycles. The van der Waals surface area contributed by atoms with Crippen molar-refractivity contribution in [1.82, 2.24) is 20.4 Å². The molecule has 0 aromatic carbocycles. The molecule has 0 spiro atoms. The molecule has 2 heterocycles. The Bertz CT molecular complexity index is 385. The number of aromatic nitrogens is 2. The Labute approximate surface area is 100 Å². The summed E-state index contributed by atoms with van der Waals surface area (Å²) in [5.74, 6) is 1.26. The third-order valence-corrected chi connectivity index (χ3v) is 3.00. The number of nitrogens with zero attached hydrogens (tertiary/aromatic N) is 3. The lowest BCUT2D eigenvalue weighted by Crippen LogP contribution is -2.39. The van der Waals surface area contributed by atoms with Gasteiger partial charge in [0.05, 0.1) is 6.54 Å². The summed E-state index contributed by atoms with van der Waals surface area (Å²) in [5.41, 5.74) is 0. The van der Waals surface area contributed by atoms with Crippen LogP contribution in [0.25, 0.3) is 0 Å². The van der Waals surface area contributed by atoms with Gasteiger partial charge in [0, 0.05) is 25.9 Å². The molecule has 0 bridgehead atoms. The van der Waals surface area contributed by atoms with Crippen LogP contribution in [0, 0.1) is 0 Å². The zero-order valence-electron chi connectivity index (χ0n) is 10.3. The highest BCUT2D eigenvalue weighted by Crippen LogP contribution is 2.12. The Morgan fingerprint density at radius 2 is 2.47 bits per heavy atom. The van der Waals surface area contributed by atoms with Crippen LogP contribution in [-0.2, 0) is 17.8 Å². The van der Waals surface area contributed by atoms with Crippen LogP contribution in [0.3, 0.4) is 0 Å². The molecule has 6 nitrogen and oxygen atoms in total. The van der Waals surface area contributed by atoms with Crippen molar-refractivity contribution in [3.05, 3.63) is 11.7 Å². The highest BCUT2D eigenvalue weighted by molar-refractivity contribution is 5.73. The van der Waals surface area contributed by atoms with Gasteiger partial charge in [-0.05, 0) is 13.0 Å². The lowest BCUT2D eigenvalue weighted by molar-refractivity contribution is -0.131. The van der Waals surface area contributed by atoms with Crippen molar-refractivity contribution >= 4 is 5.91 Å². The Kier molecular flexibility index (Phi) is 3.73. The largest absolute Gasteiger partial charge is 0.339 e. The molecule has 0 saturated carbocycles. The van der Waals surface area contributed by atoms with Crippen molar-refractivity contribution in [2.24, 2.45) is 0 Å². The first-order valence-electron chi connectivity index (χ1n) is 6.00. The summed E-state index contributed by atoms with van der Waals surface area (Å²) in [5, 5.41) is 7.13. The van der Waals surface area contributed by atoms with E-state index >= 15 is 0 Å². The average Bonchev–Trinajstić information content (AvgIpc) is 2.96. The molecule has 0 unspecified atom stereocenters. The number of hydrogen-bond acceptors (Lipinski definition) is 5. The quantitative estimate of drug-likeness (QED) is 0.819. The minimum Gasteiger partial charge on any atom is -0.339 e. The summed E-state index contributed by atoms with van der Waals surface area (Å²) in [6.45, 7) is 5.78. The smallest absolute Gasteiger partial charge is 0.226 e. The first kappa shape index (κ1) is 12.0. The van der Waals surface area contributed by atoms with E-state index in [0.29, 0.717) is 18.3 Å². The summed E-state index contributed by atoms with van der Waals surface area (Å²) in [6.07, 6.45) is 1.70. The maximum Gasteiger partial charge on any atom is 0.226 e. The molecule has 1 atom stereocenters. The number of carbonyl (C=O) groups excluding carboxylic acids is 1. The molecule has 1 saturated heterocycles. The van der Waals surface area contributed by atoms with Gasteiger partial charge >= 0.3 is 0 Å². The highest BCUT2D eigenvalue weighted by Gasteiger charge is 2.25. The third-order valence-electron chi connectivity index (χ3n) is 3.00. The van der Waals surface area contributed by atoms with Gasteiger partial charge in [0.2, 0.25) is 11.8 Å². The predicted molar refractivity (Wildman–Crippen MR) is 61.2 cm³/mol.